The second-order valence-corrected chi connectivity index (χ2v) is 8.05. The van der Waals surface area contributed by atoms with Crippen LogP contribution in [-0.2, 0) is 0 Å². The van der Waals surface area contributed by atoms with Crippen molar-refractivity contribution in [3.05, 3.63) is 40.9 Å². The maximum absolute atomic E-state index is 15.0. The van der Waals surface area contributed by atoms with Crippen molar-refractivity contribution in [3.8, 4) is 17.1 Å². The highest BCUT2D eigenvalue weighted by molar-refractivity contribution is 5.84. The van der Waals surface area contributed by atoms with Gasteiger partial charge in [0, 0.05) is 25.2 Å². The quantitative estimate of drug-likeness (QED) is 0.677. The van der Waals surface area contributed by atoms with Crippen molar-refractivity contribution < 1.29 is 13.9 Å². The number of anilines is 1. The number of aromatic nitrogens is 3. The number of phenols is 1. The summed E-state index contributed by atoms with van der Waals surface area (Å²) >= 11 is 0. The molecule has 2 aromatic heterocycles. The van der Waals surface area contributed by atoms with Crippen LogP contribution in [0.15, 0.2) is 39.9 Å². The summed E-state index contributed by atoms with van der Waals surface area (Å²) in [6.07, 6.45) is 5.52. The largest absolute Gasteiger partial charge is 0.507 e. The van der Waals surface area contributed by atoms with Crippen LogP contribution in [0.1, 0.15) is 25.7 Å². The highest BCUT2D eigenvalue weighted by Crippen LogP contribution is 2.33. The summed E-state index contributed by atoms with van der Waals surface area (Å²) in [7, 11) is 1.81. The van der Waals surface area contributed by atoms with Gasteiger partial charge < -0.3 is 19.7 Å². The summed E-state index contributed by atoms with van der Waals surface area (Å²) in [6, 6.07) is 4.06. The molecule has 0 aliphatic carbocycles. The number of nitrogens with zero attached hydrogens (tertiary/aromatic N) is 4. The van der Waals surface area contributed by atoms with Gasteiger partial charge in [0.1, 0.15) is 17.5 Å². The Morgan fingerprint density at radius 2 is 2.17 bits per heavy atom. The van der Waals surface area contributed by atoms with E-state index < -0.39 is 6.17 Å². The van der Waals surface area contributed by atoms with Gasteiger partial charge in [-0.2, -0.15) is 0 Å². The number of piperidine rings is 2. The zero-order chi connectivity index (χ0) is 20.8. The highest BCUT2D eigenvalue weighted by atomic mass is 19.1. The first-order valence-electron chi connectivity index (χ1n) is 10.1. The first-order chi connectivity index (χ1) is 14.5. The molecule has 0 spiro atoms. The fraction of sp³-hybridized carbons (Fsp3) is 0.429. The number of aromatic hydroxyl groups is 1. The van der Waals surface area contributed by atoms with Crippen LogP contribution < -0.4 is 15.6 Å². The van der Waals surface area contributed by atoms with Crippen LogP contribution in [0.2, 0.25) is 0 Å². The van der Waals surface area contributed by atoms with E-state index in [1.165, 1.54) is 30.7 Å². The summed E-state index contributed by atoms with van der Waals surface area (Å²) in [6.45, 7) is 0. The van der Waals surface area contributed by atoms with Crippen molar-refractivity contribution in [3.63, 3.8) is 0 Å². The van der Waals surface area contributed by atoms with E-state index in [0.29, 0.717) is 29.4 Å². The molecule has 2 aliphatic rings. The fourth-order valence-electron chi connectivity index (χ4n) is 4.57. The highest BCUT2D eigenvalue weighted by Gasteiger charge is 2.42. The van der Waals surface area contributed by atoms with Crippen LogP contribution >= 0.6 is 0 Å². The Bertz CT molecular complexity index is 1140. The van der Waals surface area contributed by atoms with E-state index in [1.54, 1.807) is 4.90 Å². The van der Waals surface area contributed by atoms with Crippen molar-refractivity contribution in [2.45, 2.75) is 50.0 Å². The van der Waals surface area contributed by atoms with Gasteiger partial charge in [0.25, 0.3) is 0 Å². The molecular formula is C21H22FN5O3. The zero-order valence-electron chi connectivity index (χ0n) is 16.5. The molecule has 2 bridgehead atoms. The first kappa shape index (κ1) is 18.9. The Kier molecular flexibility index (Phi) is 4.62. The predicted molar refractivity (Wildman–Crippen MR) is 109 cm³/mol. The molecule has 0 radical (unpaired) electrons. The van der Waals surface area contributed by atoms with Gasteiger partial charge in [-0.1, -0.05) is 6.42 Å². The molecule has 2 N–H and O–H groups in total. The summed E-state index contributed by atoms with van der Waals surface area (Å²) in [5, 5.41) is 22.3. The molecule has 5 rings (SSSR count). The van der Waals surface area contributed by atoms with E-state index in [1.807, 2.05) is 7.05 Å². The predicted octanol–water partition coefficient (Wildman–Crippen LogP) is 2.41. The van der Waals surface area contributed by atoms with Crippen LogP contribution in [0.25, 0.3) is 22.4 Å². The Morgan fingerprint density at radius 1 is 1.30 bits per heavy atom. The number of nitrogens with one attached hydrogen (secondary N) is 1. The number of phenolic OH excluding ortho intramolecular Hbond substituents is 1. The monoisotopic (exact) mass is 411 g/mol. The van der Waals surface area contributed by atoms with E-state index in [4.69, 9.17) is 4.42 Å². The molecule has 156 valence electrons. The second kappa shape index (κ2) is 7.32. The minimum absolute atomic E-state index is 0.116. The van der Waals surface area contributed by atoms with Crippen LogP contribution in [0, 0.1) is 0 Å². The average molecular weight is 411 g/mol. The molecule has 1 aromatic carbocycles. The van der Waals surface area contributed by atoms with Gasteiger partial charge in [0.05, 0.1) is 29.5 Å². The maximum Gasteiger partial charge on any atom is 0.192 e. The number of hydrogen-bond acceptors (Lipinski definition) is 8. The van der Waals surface area contributed by atoms with Gasteiger partial charge in [0.15, 0.2) is 17.1 Å². The third-order valence-corrected chi connectivity index (χ3v) is 6.22. The van der Waals surface area contributed by atoms with E-state index in [9.17, 15) is 14.3 Å². The lowest BCUT2D eigenvalue weighted by molar-refractivity contribution is 0.107. The summed E-state index contributed by atoms with van der Waals surface area (Å²) in [5.74, 6) is 0.522. The van der Waals surface area contributed by atoms with Crippen molar-refractivity contribution in [2.24, 2.45) is 0 Å². The van der Waals surface area contributed by atoms with Gasteiger partial charge in [-0.25, -0.2) is 9.37 Å². The van der Waals surface area contributed by atoms with Crippen LogP contribution in [0.3, 0.4) is 0 Å². The topological polar surface area (TPSA) is 104 Å². The smallest absolute Gasteiger partial charge is 0.192 e. The zero-order valence-corrected chi connectivity index (χ0v) is 16.5. The molecule has 0 amide bonds. The van der Waals surface area contributed by atoms with E-state index in [2.05, 4.69) is 20.5 Å². The molecule has 2 aliphatic heterocycles. The lowest BCUT2D eigenvalue weighted by Crippen LogP contribution is -2.61. The minimum Gasteiger partial charge on any atom is -0.507 e. The normalized spacial score (nSPS) is 25.9. The van der Waals surface area contributed by atoms with E-state index in [-0.39, 0.29) is 34.5 Å². The standard InChI is InChI=1S/C21H22FN5O3/c1-27(15-7-11-3-2-4-14(24-11)20(15)22)19-10-23-21(26-25-19)13-9-18-12(8-17(13)29)16(28)5-6-30-18/h5-6,8-11,14-15,20,24,29H,2-4,7H2,1H3/t11?,14?,15-,20+/m0/s1. The number of rotatable bonds is 3. The molecule has 9 heteroatoms. The molecule has 2 fully saturated rings. The van der Waals surface area contributed by atoms with E-state index in [0.717, 1.165) is 19.3 Å². The third-order valence-electron chi connectivity index (χ3n) is 6.22. The fourth-order valence-corrected chi connectivity index (χ4v) is 4.57. The summed E-state index contributed by atoms with van der Waals surface area (Å²) < 4.78 is 20.3. The van der Waals surface area contributed by atoms with Gasteiger partial charge in [-0.3, -0.25) is 4.79 Å². The van der Waals surface area contributed by atoms with Crippen molar-refractivity contribution in [1.82, 2.24) is 20.5 Å². The van der Waals surface area contributed by atoms with Crippen molar-refractivity contribution in [2.75, 3.05) is 11.9 Å². The molecule has 3 aromatic rings. The Hall–Kier alpha value is -3.07. The van der Waals surface area contributed by atoms with Gasteiger partial charge >= 0.3 is 0 Å². The Balaban J connectivity index is 1.42. The Morgan fingerprint density at radius 3 is 2.97 bits per heavy atom. The summed E-state index contributed by atoms with van der Waals surface area (Å²) in [4.78, 5) is 18.0. The van der Waals surface area contributed by atoms with Crippen LogP contribution in [0.5, 0.6) is 5.75 Å². The molecule has 2 unspecified atom stereocenters. The van der Waals surface area contributed by atoms with Crippen LogP contribution in [-0.4, -0.2) is 51.6 Å². The van der Waals surface area contributed by atoms with Crippen molar-refractivity contribution >= 4 is 16.8 Å². The molecule has 4 atom stereocenters. The lowest BCUT2D eigenvalue weighted by Gasteiger charge is -2.45. The molecule has 4 heterocycles. The SMILES string of the molecule is CN(c1cnc(-c2cc3occc(=O)c3cc2O)nn1)[C@H]1CC2CCCC(N2)[C@H]1F. The number of benzene rings is 1. The summed E-state index contributed by atoms with van der Waals surface area (Å²) in [5.41, 5.74) is 0.376. The minimum atomic E-state index is -0.986. The molecule has 2 saturated heterocycles. The first-order valence-corrected chi connectivity index (χ1v) is 10.1. The Labute approximate surface area is 171 Å². The lowest BCUT2D eigenvalue weighted by atomic mass is 9.82. The van der Waals surface area contributed by atoms with Gasteiger partial charge in [0.2, 0.25) is 0 Å². The molecule has 0 saturated carbocycles. The molecule has 8 nitrogen and oxygen atoms in total. The number of alkyl halides is 1. The van der Waals surface area contributed by atoms with Crippen LogP contribution in [0.4, 0.5) is 10.2 Å². The van der Waals surface area contributed by atoms with E-state index >= 15 is 0 Å². The third kappa shape index (κ3) is 3.19. The number of hydrogen-bond donors (Lipinski definition) is 2. The maximum atomic E-state index is 15.0. The second-order valence-electron chi connectivity index (χ2n) is 8.05. The number of halogens is 1. The molecular weight excluding hydrogens is 389 g/mol. The molecule has 30 heavy (non-hydrogen) atoms. The number of fused-ring (bicyclic) bond motifs is 3. The average Bonchev–Trinajstić information content (AvgIpc) is 2.76. The van der Waals surface area contributed by atoms with Gasteiger partial charge in [-0.05, 0) is 31.4 Å². The van der Waals surface area contributed by atoms with Gasteiger partial charge in [-0.15, -0.1) is 10.2 Å². The van der Waals surface area contributed by atoms with Crippen molar-refractivity contribution in [1.29, 1.82) is 0 Å².